The predicted octanol–water partition coefficient (Wildman–Crippen LogP) is 1.77. The Morgan fingerprint density at radius 3 is 2.79 bits per heavy atom. The smallest absolute Gasteiger partial charge is 0.339 e. The zero-order valence-corrected chi connectivity index (χ0v) is 10.8. The Morgan fingerprint density at radius 2 is 2.11 bits per heavy atom. The third kappa shape index (κ3) is 2.86. The summed E-state index contributed by atoms with van der Waals surface area (Å²) in [6.45, 7) is 1.20. The maximum absolute atomic E-state index is 11.7. The normalized spacial score (nSPS) is 19.0. The topological polar surface area (TPSA) is 66.8 Å². The summed E-state index contributed by atoms with van der Waals surface area (Å²) < 4.78 is 4.76. The van der Waals surface area contributed by atoms with Crippen LogP contribution in [0, 0.1) is 5.92 Å². The minimum absolute atomic E-state index is 0.376. The molecule has 19 heavy (non-hydrogen) atoms. The molecule has 0 aromatic heterocycles. The Kier molecular flexibility index (Phi) is 4.04. The van der Waals surface area contributed by atoms with Crippen LogP contribution in [-0.2, 0) is 9.53 Å². The summed E-state index contributed by atoms with van der Waals surface area (Å²) in [5.41, 5.74) is 1.23. The van der Waals surface area contributed by atoms with Crippen molar-refractivity contribution in [1.82, 2.24) is 0 Å². The molecule has 0 aliphatic carbocycles. The van der Waals surface area contributed by atoms with Crippen LogP contribution in [0.15, 0.2) is 24.3 Å². The molecule has 0 radical (unpaired) electrons. The van der Waals surface area contributed by atoms with E-state index in [0.717, 1.165) is 18.7 Å². The van der Waals surface area contributed by atoms with Gasteiger partial charge >= 0.3 is 11.9 Å². The van der Waals surface area contributed by atoms with Gasteiger partial charge in [-0.25, -0.2) is 4.79 Å². The minimum Gasteiger partial charge on any atom is -0.481 e. The summed E-state index contributed by atoms with van der Waals surface area (Å²) in [6.07, 6.45) is 1.50. The second-order valence-electron chi connectivity index (χ2n) is 4.63. The van der Waals surface area contributed by atoms with Gasteiger partial charge in [0, 0.05) is 13.1 Å². The highest BCUT2D eigenvalue weighted by Gasteiger charge is 2.27. The molecule has 0 spiro atoms. The van der Waals surface area contributed by atoms with Crippen LogP contribution in [0.3, 0.4) is 0 Å². The van der Waals surface area contributed by atoms with Gasteiger partial charge in [0.1, 0.15) is 0 Å². The number of para-hydroxylation sites is 1. The number of hydrogen-bond donors (Lipinski definition) is 1. The van der Waals surface area contributed by atoms with Crippen molar-refractivity contribution in [2.75, 3.05) is 25.1 Å². The zero-order valence-electron chi connectivity index (χ0n) is 10.8. The van der Waals surface area contributed by atoms with Crippen molar-refractivity contribution in [2.45, 2.75) is 12.8 Å². The van der Waals surface area contributed by atoms with E-state index in [4.69, 9.17) is 9.84 Å². The van der Waals surface area contributed by atoms with Crippen LogP contribution in [0.5, 0.6) is 0 Å². The number of anilines is 1. The Morgan fingerprint density at radius 1 is 1.37 bits per heavy atom. The summed E-state index contributed by atoms with van der Waals surface area (Å²) in [7, 11) is 1.34. The Hall–Kier alpha value is -2.04. The van der Waals surface area contributed by atoms with Gasteiger partial charge in [0.15, 0.2) is 0 Å². The molecular formula is C14H17NO4. The first kappa shape index (κ1) is 13.4. The number of carboxylic acid groups (broad SMARTS) is 1. The van der Waals surface area contributed by atoms with Crippen LogP contribution >= 0.6 is 0 Å². The lowest BCUT2D eigenvalue weighted by Crippen LogP contribution is -2.39. The number of nitrogens with zero attached hydrogens (tertiary/aromatic N) is 1. The largest absolute Gasteiger partial charge is 0.481 e. The zero-order chi connectivity index (χ0) is 13.8. The van der Waals surface area contributed by atoms with Crippen molar-refractivity contribution in [2.24, 2.45) is 5.92 Å². The predicted molar refractivity (Wildman–Crippen MR) is 70.4 cm³/mol. The van der Waals surface area contributed by atoms with Gasteiger partial charge in [0.2, 0.25) is 0 Å². The average Bonchev–Trinajstić information content (AvgIpc) is 2.46. The lowest BCUT2D eigenvalue weighted by atomic mass is 9.97. The van der Waals surface area contributed by atoms with E-state index in [2.05, 4.69) is 0 Å². The molecule has 2 rings (SSSR count). The van der Waals surface area contributed by atoms with E-state index in [1.54, 1.807) is 12.1 Å². The number of aliphatic carboxylic acids is 1. The second kappa shape index (κ2) is 5.73. The summed E-state index contributed by atoms with van der Waals surface area (Å²) in [4.78, 5) is 24.8. The van der Waals surface area contributed by atoms with Gasteiger partial charge in [0.05, 0.1) is 24.3 Å². The van der Waals surface area contributed by atoms with Gasteiger partial charge in [-0.2, -0.15) is 0 Å². The summed E-state index contributed by atoms with van der Waals surface area (Å²) in [5.74, 6) is -1.55. The van der Waals surface area contributed by atoms with Crippen molar-refractivity contribution in [3.8, 4) is 0 Å². The number of carbonyl (C=O) groups excluding carboxylic acids is 1. The van der Waals surface area contributed by atoms with Crippen LogP contribution < -0.4 is 4.90 Å². The first-order valence-corrected chi connectivity index (χ1v) is 6.28. The molecule has 1 fully saturated rings. The van der Waals surface area contributed by atoms with Crippen molar-refractivity contribution >= 4 is 17.6 Å². The maximum Gasteiger partial charge on any atom is 0.339 e. The molecule has 1 aromatic carbocycles. The molecule has 1 aliphatic heterocycles. The SMILES string of the molecule is COC(=O)c1ccccc1N1CCCC(C(=O)O)C1. The molecule has 0 saturated carbocycles. The third-order valence-electron chi connectivity index (χ3n) is 3.42. The van der Waals surface area contributed by atoms with Gasteiger partial charge in [-0.1, -0.05) is 12.1 Å². The van der Waals surface area contributed by atoms with Gasteiger partial charge in [-0.05, 0) is 25.0 Å². The van der Waals surface area contributed by atoms with E-state index in [-0.39, 0.29) is 5.92 Å². The number of piperidine rings is 1. The van der Waals surface area contributed by atoms with Crippen LogP contribution in [-0.4, -0.2) is 37.2 Å². The Bertz CT molecular complexity index is 486. The highest BCUT2D eigenvalue weighted by molar-refractivity contribution is 5.95. The van der Waals surface area contributed by atoms with Crippen molar-refractivity contribution < 1.29 is 19.4 Å². The fourth-order valence-electron chi connectivity index (χ4n) is 2.43. The van der Waals surface area contributed by atoms with Crippen LogP contribution in [0.25, 0.3) is 0 Å². The van der Waals surface area contributed by atoms with E-state index in [1.807, 2.05) is 17.0 Å². The van der Waals surface area contributed by atoms with Crippen molar-refractivity contribution in [3.05, 3.63) is 29.8 Å². The second-order valence-corrected chi connectivity index (χ2v) is 4.63. The first-order valence-electron chi connectivity index (χ1n) is 6.28. The average molecular weight is 263 g/mol. The van der Waals surface area contributed by atoms with Crippen LogP contribution in [0.1, 0.15) is 23.2 Å². The number of benzene rings is 1. The minimum atomic E-state index is -0.778. The summed E-state index contributed by atoms with van der Waals surface area (Å²) in [6, 6.07) is 7.14. The van der Waals surface area contributed by atoms with E-state index in [0.29, 0.717) is 18.5 Å². The molecular weight excluding hydrogens is 246 g/mol. The highest BCUT2D eigenvalue weighted by Crippen LogP contribution is 2.27. The molecule has 1 aromatic rings. The van der Waals surface area contributed by atoms with E-state index in [9.17, 15) is 9.59 Å². The van der Waals surface area contributed by atoms with Crippen LogP contribution in [0.2, 0.25) is 0 Å². The molecule has 1 atom stereocenters. The van der Waals surface area contributed by atoms with E-state index in [1.165, 1.54) is 7.11 Å². The molecule has 1 saturated heterocycles. The molecule has 102 valence electrons. The number of hydrogen-bond acceptors (Lipinski definition) is 4. The number of esters is 1. The van der Waals surface area contributed by atoms with Crippen molar-refractivity contribution in [1.29, 1.82) is 0 Å². The number of carboxylic acids is 1. The lowest BCUT2D eigenvalue weighted by Gasteiger charge is -2.33. The number of ether oxygens (including phenoxy) is 1. The highest BCUT2D eigenvalue weighted by atomic mass is 16.5. The molecule has 1 unspecified atom stereocenters. The van der Waals surface area contributed by atoms with Gasteiger partial charge in [-0.3, -0.25) is 4.79 Å². The molecule has 5 nitrogen and oxygen atoms in total. The molecule has 1 aliphatic rings. The number of carbonyl (C=O) groups is 2. The molecule has 1 heterocycles. The third-order valence-corrected chi connectivity index (χ3v) is 3.42. The molecule has 0 bridgehead atoms. The van der Waals surface area contributed by atoms with Gasteiger partial charge < -0.3 is 14.7 Å². The fourth-order valence-corrected chi connectivity index (χ4v) is 2.43. The van der Waals surface area contributed by atoms with Crippen LogP contribution in [0.4, 0.5) is 5.69 Å². The summed E-state index contributed by atoms with van der Waals surface area (Å²) >= 11 is 0. The van der Waals surface area contributed by atoms with Crippen molar-refractivity contribution in [3.63, 3.8) is 0 Å². The van der Waals surface area contributed by atoms with Gasteiger partial charge in [-0.15, -0.1) is 0 Å². The summed E-state index contributed by atoms with van der Waals surface area (Å²) in [5, 5.41) is 9.11. The lowest BCUT2D eigenvalue weighted by molar-refractivity contribution is -0.141. The molecule has 1 N–H and O–H groups in total. The fraction of sp³-hybridized carbons (Fsp3) is 0.429. The number of rotatable bonds is 3. The quantitative estimate of drug-likeness (QED) is 0.842. The number of methoxy groups -OCH3 is 1. The Labute approximate surface area is 111 Å². The molecule has 0 amide bonds. The van der Waals surface area contributed by atoms with E-state index < -0.39 is 11.9 Å². The standard InChI is InChI=1S/C14H17NO4/c1-19-14(18)11-6-2-3-7-12(11)15-8-4-5-10(9-15)13(16)17/h2-3,6-7,10H,4-5,8-9H2,1H3,(H,16,17). The Balaban J connectivity index is 2.26. The van der Waals surface area contributed by atoms with E-state index >= 15 is 0 Å². The first-order chi connectivity index (χ1) is 9.13. The monoisotopic (exact) mass is 263 g/mol. The maximum atomic E-state index is 11.7. The molecule has 5 heteroatoms. The van der Waals surface area contributed by atoms with Gasteiger partial charge in [0.25, 0.3) is 0 Å².